The molecule has 0 saturated carbocycles. The van der Waals surface area contributed by atoms with Crippen molar-refractivity contribution in [2.45, 2.75) is 39.2 Å². The van der Waals surface area contributed by atoms with Gasteiger partial charge in [0, 0.05) is 13.1 Å². The van der Waals surface area contributed by atoms with Crippen LogP contribution in [-0.2, 0) is 15.2 Å². The molecule has 0 spiro atoms. The van der Waals surface area contributed by atoms with Gasteiger partial charge in [0.2, 0.25) is 5.95 Å². The molecule has 0 amide bonds. The zero-order valence-electron chi connectivity index (χ0n) is 18.1. The number of nitrogens with one attached hydrogen (secondary N) is 2. The summed E-state index contributed by atoms with van der Waals surface area (Å²) in [6.45, 7) is 6.69. The predicted molar refractivity (Wildman–Crippen MR) is 122 cm³/mol. The van der Waals surface area contributed by atoms with Gasteiger partial charge in [-0.3, -0.25) is 5.10 Å². The first-order valence-electron chi connectivity index (χ1n) is 10.3. The number of hydrogen-bond acceptors (Lipinski definition) is 8. The Kier molecular flexibility index (Phi) is 5.88. The minimum atomic E-state index is -0.610. The topological polar surface area (TPSA) is 120 Å². The SMILES string of the molecule is CC(C)(C)C(=O)ONC1(c2ccccc2)CCN(c2nc(C#N)c3c(Br)n[nH]c3n2)CC1. The van der Waals surface area contributed by atoms with Crippen LogP contribution in [0.15, 0.2) is 34.9 Å². The fourth-order valence-corrected chi connectivity index (χ4v) is 4.16. The van der Waals surface area contributed by atoms with Crippen LogP contribution in [0.25, 0.3) is 11.0 Å². The first-order valence-corrected chi connectivity index (χ1v) is 11.1. The van der Waals surface area contributed by atoms with E-state index in [9.17, 15) is 10.1 Å². The van der Waals surface area contributed by atoms with Gasteiger partial charge in [-0.1, -0.05) is 30.3 Å². The van der Waals surface area contributed by atoms with Gasteiger partial charge in [0.05, 0.1) is 16.3 Å². The van der Waals surface area contributed by atoms with Gasteiger partial charge < -0.3 is 9.74 Å². The number of fused-ring (bicyclic) bond motifs is 1. The van der Waals surface area contributed by atoms with Crippen molar-refractivity contribution in [3.8, 4) is 6.07 Å². The number of nitriles is 1. The van der Waals surface area contributed by atoms with Crippen molar-refractivity contribution in [2.24, 2.45) is 5.41 Å². The number of anilines is 1. The number of carbonyl (C=O) groups excluding carboxylic acids is 1. The second-order valence-corrected chi connectivity index (χ2v) is 9.65. The summed E-state index contributed by atoms with van der Waals surface area (Å²) < 4.78 is 0.516. The summed E-state index contributed by atoms with van der Waals surface area (Å²) in [5.74, 6) is 0.158. The van der Waals surface area contributed by atoms with Gasteiger partial charge in [-0.2, -0.15) is 15.3 Å². The molecular formula is C22H24BrN7O2. The van der Waals surface area contributed by atoms with Crippen LogP contribution in [0.2, 0.25) is 0 Å². The number of hydroxylamine groups is 1. The molecule has 0 radical (unpaired) electrons. The maximum atomic E-state index is 12.4. The number of halogens is 1. The monoisotopic (exact) mass is 497 g/mol. The fraction of sp³-hybridized carbons (Fsp3) is 0.409. The van der Waals surface area contributed by atoms with Crippen molar-refractivity contribution in [2.75, 3.05) is 18.0 Å². The van der Waals surface area contributed by atoms with Gasteiger partial charge in [-0.25, -0.2) is 9.78 Å². The summed E-state index contributed by atoms with van der Waals surface area (Å²) in [6, 6.07) is 12.1. The second-order valence-electron chi connectivity index (χ2n) is 8.90. The number of H-pyrrole nitrogens is 1. The van der Waals surface area contributed by atoms with Gasteiger partial charge in [-0.15, -0.1) is 5.48 Å². The molecule has 2 aromatic heterocycles. The van der Waals surface area contributed by atoms with Crippen molar-refractivity contribution in [3.63, 3.8) is 0 Å². The molecule has 1 aliphatic rings. The average molecular weight is 498 g/mol. The zero-order valence-corrected chi connectivity index (χ0v) is 19.7. The van der Waals surface area contributed by atoms with Crippen LogP contribution in [-0.4, -0.2) is 39.2 Å². The summed E-state index contributed by atoms with van der Waals surface area (Å²) in [4.78, 5) is 29.0. The van der Waals surface area contributed by atoms with Crippen LogP contribution in [0.4, 0.5) is 5.95 Å². The van der Waals surface area contributed by atoms with E-state index < -0.39 is 11.0 Å². The molecule has 9 nitrogen and oxygen atoms in total. The summed E-state index contributed by atoms with van der Waals surface area (Å²) >= 11 is 3.33. The Morgan fingerprint density at radius 2 is 1.94 bits per heavy atom. The molecule has 0 aliphatic carbocycles. The number of rotatable bonds is 4. The van der Waals surface area contributed by atoms with E-state index in [0.29, 0.717) is 47.5 Å². The Bertz CT molecular complexity index is 1170. The van der Waals surface area contributed by atoms with Gasteiger partial charge in [0.25, 0.3) is 0 Å². The second kappa shape index (κ2) is 8.48. The number of aromatic nitrogens is 4. The van der Waals surface area contributed by atoms with Crippen molar-refractivity contribution >= 4 is 38.9 Å². The summed E-state index contributed by atoms with van der Waals surface area (Å²) in [5.41, 5.74) is 3.78. The molecule has 3 heterocycles. The lowest BCUT2D eigenvalue weighted by atomic mass is 9.81. The highest BCUT2D eigenvalue weighted by atomic mass is 79.9. The Morgan fingerprint density at radius 3 is 2.56 bits per heavy atom. The number of hydrogen-bond donors (Lipinski definition) is 2. The number of benzene rings is 1. The molecule has 2 N–H and O–H groups in total. The minimum absolute atomic E-state index is 0.266. The van der Waals surface area contributed by atoms with Gasteiger partial charge in [0.1, 0.15) is 10.7 Å². The first-order chi connectivity index (χ1) is 15.2. The number of piperidine rings is 1. The van der Waals surface area contributed by atoms with E-state index >= 15 is 0 Å². The number of aromatic amines is 1. The smallest absolute Gasteiger partial charge is 0.330 e. The van der Waals surface area contributed by atoms with Crippen LogP contribution in [0.1, 0.15) is 44.9 Å². The van der Waals surface area contributed by atoms with E-state index in [4.69, 9.17) is 4.84 Å². The third-order valence-electron chi connectivity index (χ3n) is 5.65. The highest BCUT2D eigenvalue weighted by molar-refractivity contribution is 9.10. The molecule has 1 aromatic carbocycles. The van der Waals surface area contributed by atoms with E-state index in [-0.39, 0.29) is 11.7 Å². The molecule has 3 aromatic rings. The van der Waals surface area contributed by atoms with E-state index in [2.05, 4.69) is 47.6 Å². The van der Waals surface area contributed by atoms with Crippen molar-refractivity contribution < 1.29 is 9.63 Å². The number of carbonyl (C=O) groups is 1. The quantitative estimate of drug-likeness (QED) is 0.524. The lowest BCUT2D eigenvalue weighted by Crippen LogP contribution is -2.52. The molecular weight excluding hydrogens is 474 g/mol. The molecule has 1 aliphatic heterocycles. The zero-order chi connectivity index (χ0) is 22.9. The minimum Gasteiger partial charge on any atom is -0.369 e. The highest BCUT2D eigenvalue weighted by Gasteiger charge is 2.39. The Labute approximate surface area is 194 Å². The molecule has 166 valence electrons. The molecule has 1 saturated heterocycles. The normalized spacial score (nSPS) is 16.0. The van der Waals surface area contributed by atoms with Gasteiger partial charge in [0.15, 0.2) is 11.3 Å². The molecule has 0 atom stereocenters. The van der Waals surface area contributed by atoms with Gasteiger partial charge in [-0.05, 0) is 55.1 Å². The Morgan fingerprint density at radius 1 is 1.25 bits per heavy atom. The standard InChI is InChI=1S/C22H24BrN7O2/c1-21(2,3)19(31)32-29-22(14-7-5-4-6-8-14)9-11-30(12-10-22)20-25-15(13-24)16-17(23)27-28-18(16)26-20/h4-8,29H,9-12H2,1-3H3,(H,25,26,27,28). The molecule has 0 bridgehead atoms. The molecule has 10 heteroatoms. The Hall–Kier alpha value is -3.03. The van der Waals surface area contributed by atoms with Crippen LogP contribution < -0.4 is 10.4 Å². The third-order valence-corrected chi connectivity index (χ3v) is 6.22. The maximum Gasteiger partial charge on any atom is 0.330 e. The van der Waals surface area contributed by atoms with Crippen molar-refractivity contribution in [1.82, 2.24) is 25.6 Å². The van der Waals surface area contributed by atoms with Crippen LogP contribution >= 0.6 is 15.9 Å². The maximum absolute atomic E-state index is 12.4. The highest BCUT2D eigenvalue weighted by Crippen LogP contribution is 2.35. The summed E-state index contributed by atoms with van der Waals surface area (Å²) in [7, 11) is 0. The van der Waals surface area contributed by atoms with E-state index in [1.165, 1.54) is 0 Å². The van der Waals surface area contributed by atoms with Crippen LogP contribution in [0.3, 0.4) is 0 Å². The average Bonchev–Trinajstić information content (AvgIpc) is 3.18. The van der Waals surface area contributed by atoms with Crippen LogP contribution in [0.5, 0.6) is 0 Å². The first kappa shape index (κ1) is 22.2. The van der Waals surface area contributed by atoms with E-state index in [1.807, 2.05) is 56.0 Å². The summed E-state index contributed by atoms with van der Waals surface area (Å²) in [6.07, 6.45) is 1.31. The van der Waals surface area contributed by atoms with Crippen LogP contribution in [0, 0.1) is 16.7 Å². The Balaban J connectivity index is 1.59. The predicted octanol–water partition coefficient (Wildman–Crippen LogP) is 3.58. The van der Waals surface area contributed by atoms with E-state index in [0.717, 1.165) is 5.56 Å². The largest absolute Gasteiger partial charge is 0.369 e. The summed E-state index contributed by atoms with van der Waals surface area (Å²) in [5, 5.41) is 17.0. The van der Waals surface area contributed by atoms with Gasteiger partial charge >= 0.3 is 5.97 Å². The van der Waals surface area contributed by atoms with Crippen molar-refractivity contribution in [1.29, 1.82) is 5.26 Å². The molecule has 0 unspecified atom stereocenters. The molecule has 4 rings (SSSR count). The van der Waals surface area contributed by atoms with Crippen molar-refractivity contribution in [3.05, 3.63) is 46.2 Å². The van der Waals surface area contributed by atoms with E-state index in [1.54, 1.807) is 0 Å². The molecule has 32 heavy (non-hydrogen) atoms. The number of nitrogens with zero attached hydrogens (tertiary/aromatic N) is 5. The lowest BCUT2D eigenvalue weighted by molar-refractivity contribution is -0.167. The lowest BCUT2D eigenvalue weighted by Gasteiger charge is -2.42. The fourth-order valence-electron chi connectivity index (χ4n) is 3.70. The third kappa shape index (κ3) is 4.18. The molecule has 1 fully saturated rings.